The lowest BCUT2D eigenvalue weighted by atomic mass is 10.1. The molecule has 154 valence electrons. The van der Waals surface area contributed by atoms with Crippen molar-refractivity contribution in [3.63, 3.8) is 0 Å². The Balaban J connectivity index is 1.72. The number of halogens is 1. The van der Waals surface area contributed by atoms with Gasteiger partial charge >= 0.3 is 0 Å². The maximum absolute atomic E-state index is 13.0. The van der Waals surface area contributed by atoms with E-state index >= 15 is 0 Å². The molecule has 4 rings (SSSR count). The van der Waals surface area contributed by atoms with Gasteiger partial charge < -0.3 is 9.47 Å². The Morgan fingerprint density at radius 1 is 1.03 bits per heavy atom. The number of benzene rings is 2. The first-order chi connectivity index (χ1) is 14.6. The average Bonchev–Trinajstić information content (AvgIpc) is 3.18. The summed E-state index contributed by atoms with van der Waals surface area (Å²) in [4.78, 5) is 17.7. The highest BCUT2D eigenvalue weighted by atomic mass is 79.9. The topological polar surface area (TPSA) is 53.4 Å². The van der Waals surface area contributed by atoms with Gasteiger partial charge in [-0.05, 0) is 49.2 Å². The second kappa shape index (κ2) is 9.02. The van der Waals surface area contributed by atoms with Crippen LogP contribution in [0.25, 0.3) is 21.3 Å². The maximum Gasteiger partial charge on any atom is 0.271 e. The first-order valence-corrected chi connectivity index (χ1v) is 11.4. The van der Waals surface area contributed by atoms with Gasteiger partial charge in [-0.25, -0.2) is 4.98 Å². The fourth-order valence-corrected chi connectivity index (χ4v) is 4.50. The first-order valence-electron chi connectivity index (χ1n) is 9.71. The van der Waals surface area contributed by atoms with Crippen LogP contribution in [-0.2, 0) is 6.54 Å². The van der Waals surface area contributed by atoms with E-state index in [-0.39, 0.29) is 5.56 Å². The monoisotopic (exact) mass is 484 g/mol. The summed E-state index contributed by atoms with van der Waals surface area (Å²) < 4.78 is 14.7. The molecule has 0 aliphatic rings. The number of hydrogen-bond donors (Lipinski definition) is 0. The number of thiophene rings is 1. The lowest BCUT2D eigenvalue weighted by Gasteiger charge is -2.12. The summed E-state index contributed by atoms with van der Waals surface area (Å²) in [5.74, 6) is 1.41. The quantitative estimate of drug-likeness (QED) is 0.335. The number of hydrogen-bond acceptors (Lipinski definition) is 5. The molecule has 4 aromatic rings. The van der Waals surface area contributed by atoms with E-state index in [9.17, 15) is 4.79 Å². The zero-order valence-electron chi connectivity index (χ0n) is 16.7. The third-order valence-corrected chi connectivity index (χ3v) is 6.15. The molecule has 2 heterocycles. The normalized spacial score (nSPS) is 11.0. The lowest BCUT2D eigenvalue weighted by Crippen LogP contribution is -2.20. The minimum absolute atomic E-state index is 0.0323. The average molecular weight is 485 g/mol. The zero-order valence-corrected chi connectivity index (χ0v) is 19.1. The minimum Gasteiger partial charge on any atom is -0.490 e. The molecule has 0 spiro atoms. The largest absolute Gasteiger partial charge is 0.490 e. The molecule has 2 aromatic carbocycles. The van der Waals surface area contributed by atoms with Crippen LogP contribution in [0, 0.1) is 0 Å². The van der Waals surface area contributed by atoms with Crippen LogP contribution in [0.4, 0.5) is 0 Å². The molecule has 7 heteroatoms. The van der Waals surface area contributed by atoms with E-state index in [2.05, 4.69) is 20.9 Å². The van der Waals surface area contributed by atoms with Crippen molar-refractivity contribution in [2.45, 2.75) is 20.4 Å². The Bertz CT molecular complexity index is 1230. The summed E-state index contributed by atoms with van der Waals surface area (Å²) in [6.07, 6.45) is 1.63. The molecule has 5 nitrogen and oxygen atoms in total. The maximum atomic E-state index is 13.0. The molecule has 0 saturated heterocycles. The molecule has 2 aromatic heterocycles. The number of aromatic nitrogens is 2. The van der Waals surface area contributed by atoms with Crippen LogP contribution in [0.5, 0.6) is 11.5 Å². The van der Waals surface area contributed by atoms with Crippen molar-refractivity contribution in [1.29, 1.82) is 0 Å². The molecule has 0 saturated carbocycles. The van der Waals surface area contributed by atoms with Gasteiger partial charge in [0.05, 0.1) is 31.6 Å². The third kappa shape index (κ3) is 4.13. The van der Waals surface area contributed by atoms with E-state index in [0.29, 0.717) is 41.5 Å². The van der Waals surface area contributed by atoms with Gasteiger partial charge in [-0.2, -0.15) is 0 Å². The Kier molecular flexibility index (Phi) is 6.20. The SMILES string of the molecule is CCOc1ccc(-c2csc3c(=O)n(Cc4ccc(Br)cc4)cnc23)cc1OCC. The van der Waals surface area contributed by atoms with Gasteiger partial charge in [0.25, 0.3) is 5.56 Å². The van der Waals surface area contributed by atoms with E-state index in [1.165, 1.54) is 11.3 Å². The summed E-state index contributed by atoms with van der Waals surface area (Å²) >= 11 is 4.86. The van der Waals surface area contributed by atoms with E-state index < -0.39 is 0 Å². The Labute approximate surface area is 187 Å². The third-order valence-electron chi connectivity index (χ3n) is 4.67. The van der Waals surface area contributed by atoms with Crippen molar-refractivity contribution in [2.75, 3.05) is 13.2 Å². The number of rotatable bonds is 7. The standard InChI is InChI=1S/C23H21BrN2O3S/c1-3-28-19-10-7-16(11-20(19)29-4-2)18-13-30-22-21(18)25-14-26(23(22)27)12-15-5-8-17(24)9-6-15/h5-11,13-14H,3-4,12H2,1-2H3. The summed E-state index contributed by atoms with van der Waals surface area (Å²) in [6, 6.07) is 13.8. The van der Waals surface area contributed by atoms with Gasteiger partial charge in [0.15, 0.2) is 11.5 Å². The predicted octanol–water partition coefficient (Wildman–Crippen LogP) is 5.73. The highest BCUT2D eigenvalue weighted by Crippen LogP contribution is 2.36. The molecule has 0 bridgehead atoms. The van der Waals surface area contributed by atoms with Crippen molar-refractivity contribution in [3.05, 3.63) is 74.6 Å². The molecule has 0 radical (unpaired) electrons. The molecule has 0 aliphatic carbocycles. The van der Waals surface area contributed by atoms with Gasteiger partial charge in [0.1, 0.15) is 4.70 Å². The van der Waals surface area contributed by atoms with Gasteiger partial charge in [-0.15, -0.1) is 11.3 Å². The summed E-state index contributed by atoms with van der Waals surface area (Å²) in [5.41, 5.74) is 3.60. The molecule has 0 amide bonds. The minimum atomic E-state index is -0.0323. The highest BCUT2D eigenvalue weighted by Gasteiger charge is 2.15. The number of fused-ring (bicyclic) bond motifs is 1. The van der Waals surface area contributed by atoms with Crippen molar-refractivity contribution in [1.82, 2.24) is 9.55 Å². The van der Waals surface area contributed by atoms with Crippen LogP contribution in [0.2, 0.25) is 0 Å². The van der Waals surface area contributed by atoms with Crippen LogP contribution in [-0.4, -0.2) is 22.8 Å². The molecule has 0 aliphatic heterocycles. The first kappa shape index (κ1) is 20.6. The van der Waals surface area contributed by atoms with E-state index in [4.69, 9.17) is 9.47 Å². The van der Waals surface area contributed by atoms with Crippen LogP contribution < -0.4 is 15.0 Å². The van der Waals surface area contributed by atoms with Gasteiger partial charge in [0, 0.05) is 15.4 Å². The molecule has 0 N–H and O–H groups in total. The molecule has 30 heavy (non-hydrogen) atoms. The van der Waals surface area contributed by atoms with Crippen LogP contribution in [0.3, 0.4) is 0 Å². The molecule has 0 atom stereocenters. The lowest BCUT2D eigenvalue weighted by molar-refractivity contribution is 0.288. The van der Waals surface area contributed by atoms with Gasteiger partial charge in [-0.3, -0.25) is 9.36 Å². The summed E-state index contributed by atoms with van der Waals surface area (Å²) in [6.45, 7) is 5.49. The Morgan fingerprint density at radius 2 is 1.77 bits per heavy atom. The summed E-state index contributed by atoms with van der Waals surface area (Å²) in [7, 11) is 0. The summed E-state index contributed by atoms with van der Waals surface area (Å²) in [5, 5.41) is 1.98. The molecule has 0 unspecified atom stereocenters. The van der Waals surface area contributed by atoms with Gasteiger partial charge in [0.2, 0.25) is 0 Å². The number of ether oxygens (including phenoxy) is 2. The highest BCUT2D eigenvalue weighted by molar-refractivity contribution is 9.10. The Morgan fingerprint density at radius 3 is 2.50 bits per heavy atom. The number of nitrogens with zero attached hydrogens (tertiary/aromatic N) is 2. The fourth-order valence-electron chi connectivity index (χ4n) is 3.26. The van der Waals surface area contributed by atoms with Crippen molar-refractivity contribution in [3.8, 4) is 22.6 Å². The zero-order chi connectivity index (χ0) is 21.1. The predicted molar refractivity (Wildman–Crippen MR) is 125 cm³/mol. The molecule has 0 fully saturated rings. The van der Waals surface area contributed by atoms with Crippen molar-refractivity contribution >= 4 is 37.5 Å². The van der Waals surface area contributed by atoms with E-state index in [1.54, 1.807) is 10.9 Å². The molecular formula is C23H21BrN2O3S. The smallest absolute Gasteiger partial charge is 0.271 e. The Hall–Kier alpha value is -2.64. The van der Waals surface area contributed by atoms with Gasteiger partial charge in [-0.1, -0.05) is 34.1 Å². The van der Waals surface area contributed by atoms with Crippen molar-refractivity contribution in [2.24, 2.45) is 0 Å². The van der Waals surface area contributed by atoms with Crippen LogP contribution in [0.15, 0.2) is 63.4 Å². The van der Waals surface area contributed by atoms with Crippen molar-refractivity contribution < 1.29 is 9.47 Å². The van der Waals surface area contributed by atoms with Crippen LogP contribution >= 0.6 is 27.3 Å². The van der Waals surface area contributed by atoms with E-state index in [0.717, 1.165) is 21.2 Å². The second-order valence-electron chi connectivity index (χ2n) is 6.66. The van der Waals surface area contributed by atoms with Crippen LogP contribution in [0.1, 0.15) is 19.4 Å². The molecular weight excluding hydrogens is 464 g/mol. The van der Waals surface area contributed by atoms with E-state index in [1.807, 2.05) is 61.7 Å². The fraction of sp³-hybridized carbons (Fsp3) is 0.217. The second-order valence-corrected chi connectivity index (χ2v) is 8.45.